The maximum Gasteiger partial charge on any atom is 0.345 e. The van der Waals surface area contributed by atoms with E-state index in [9.17, 15) is 9.59 Å². The minimum Gasteiger partial charge on any atom is -0.438 e. The van der Waals surface area contributed by atoms with Gasteiger partial charge in [0, 0.05) is 25.6 Å². The minimum absolute atomic E-state index is 0.0118. The molecule has 2 aromatic rings. The fraction of sp³-hybridized carbons (Fsp3) is 0.647. The molecule has 0 saturated heterocycles. The van der Waals surface area contributed by atoms with E-state index in [4.69, 9.17) is 4.42 Å². The van der Waals surface area contributed by atoms with E-state index in [0.717, 1.165) is 18.7 Å². The van der Waals surface area contributed by atoms with E-state index in [1.54, 1.807) is 16.2 Å². The van der Waals surface area contributed by atoms with Crippen molar-refractivity contribution in [1.82, 2.24) is 24.6 Å². The first kappa shape index (κ1) is 17.4. The van der Waals surface area contributed by atoms with E-state index in [-0.39, 0.29) is 23.4 Å². The lowest BCUT2D eigenvalue weighted by Gasteiger charge is -2.15. The Balaban J connectivity index is 1.64. The van der Waals surface area contributed by atoms with E-state index in [0.29, 0.717) is 37.5 Å². The van der Waals surface area contributed by atoms with E-state index in [1.165, 1.54) is 6.39 Å². The van der Waals surface area contributed by atoms with Gasteiger partial charge < -0.3 is 9.73 Å². The Kier molecular flexibility index (Phi) is 5.06. The Morgan fingerprint density at radius 1 is 1.44 bits per heavy atom. The second kappa shape index (κ2) is 7.25. The Bertz CT molecular complexity index is 802. The summed E-state index contributed by atoms with van der Waals surface area (Å²) in [7, 11) is 0. The van der Waals surface area contributed by atoms with Crippen molar-refractivity contribution in [3.05, 3.63) is 34.2 Å². The Morgan fingerprint density at radius 3 is 2.92 bits per heavy atom. The number of fused-ring (bicyclic) bond motifs is 1. The number of nitrogens with zero attached hydrogens (tertiary/aromatic N) is 4. The van der Waals surface area contributed by atoms with Gasteiger partial charge in [-0.3, -0.25) is 9.36 Å². The van der Waals surface area contributed by atoms with Gasteiger partial charge in [-0.15, -0.1) is 0 Å². The Hall–Kier alpha value is -2.38. The van der Waals surface area contributed by atoms with Crippen LogP contribution in [0, 0.1) is 12.8 Å². The van der Waals surface area contributed by atoms with Gasteiger partial charge >= 0.3 is 5.69 Å². The van der Waals surface area contributed by atoms with Crippen molar-refractivity contribution in [3.63, 3.8) is 0 Å². The van der Waals surface area contributed by atoms with E-state index >= 15 is 0 Å². The average Bonchev–Trinajstić information content (AvgIpc) is 3.05. The zero-order valence-corrected chi connectivity index (χ0v) is 15.0. The number of hydrogen-bond acceptors (Lipinski definition) is 5. The first-order chi connectivity index (χ1) is 12.0. The van der Waals surface area contributed by atoms with E-state index < -0.39 is 0 Å². The van der Waals surface area contributed by atoms with E-state index in [1.807, 2.05) is 0 Å². The molecule has 2 aromatic heterocycles. The predicted octanol–water partition coefficient (Wildman–Crippen LogP) is 1.52. The van der Waals surface area contributed by atoms with Crippen LogP contribution in [0.1, 0.15) is 55.2 Å². The fourth-order valence-electron chi connectivity index (χ4n) is 3.07. The van der Waals surface area contributed by atoms with Crippen LogP contribution in [0.15, 0.2) is 15.6 Å². The first-order valence-corrected chi connectivity index (χ1v) is 8.83. The molecule has 0 fully saturated rings. The van der Waals surface area contributed by atoms with Gasteiger partial charge in [-0.25, -0.2) is 14.5 Å². The highest BCUT2D eigenvalue weighted by molar-refractivity contribution is 5.92. The second-order valence-corrected chi connectivity index (χ2v) is 7.02. The maximum absolute atomic E-state index is 12.5. The summed E-state index contributed by atoms with van der Waals surface area (Å²) in [5, 5.41) is 7.46. The molecule has 0 aromatic carbocycles. The number of carbonyl (C=O) groups excluding carboxylic acids is 1. The van der Waals surface area contributed by atoms with Gasteiger partial charge in [-0.05, 0) is 32.1 Å². The molecule has 1 atom stereocenters. The van der Waals surface area contributed by atoms with Crippen LogP contribution >= 0.6 is 0 Å². The monoisotopic (exact) mass is 347 g/mol. The Labute approximate surface area is 146 Å². The largest absolute Gasteiger partial charge is 0.438 e. The van der Waals surface area contributed by atoms with Gasteiger partial charge in [-0.1, -0.05) is 13.8 Å². The summed E-state index contributed by atoms with van der Waals surface area (Å²) >= 11 is 0. The molecule has 1 N–H and O–H groups in total. The zero-order valence-electron chi connectivity index (χ0n) is 15.0. The molecule has 0 saturated carbocycles. The molecule has 1 unspecified atom stereocenters. The highest BCUT2D eigenvalue weighted by Crippen LogP contribution is 2.14. The first-order valence-electron chi connectivity index (χ1n) is 8.83. The summed E-state index contributed by atoms with van der Waals surface area (Å²) in [5.74, 6) is 1.33. The summed E-state index contributed by atoms with van der Waals surface area (Å²) < 4.78 is 8.45. The number of aromatic nitrogens is 4. The number of oxazole rings is 1. The molecule has 0 spiro atoms. The molecule has 1 amide bonds. The molecule has 1 aliphatic rings. The van der Waals surface area contributed by atoms with Crippen LogP contribution in [0.4, 0.5) is 0 Å². The van der Waals surface area contributed by atoms with Crippen molar-refractivity contribution in [1.29, 1.82) is 0 Å². The fourth-order valence-corrected chi connectivity index (χ4v) is 3.07. The van der Waals surface area contributed by atoms with Crippen molar-refractivity contribution in [2.45, 2.75) is 65.6 Å². The normalized spacial score (nSPS) is 17.4. The number of amides is 1. The van der Waals surface area contributed by atoms with Crippen molar-refractivity contribution >= 4 is 5.91 Å². The van der Waals surface area contributed by atoms with Crippen LogP contribution in [-0.4, -0.2) is 31.3 Å². The smallest absolute Gasteiger partial charge is 0.345 e. The molecule has 3 rings (SSSR count). The molecule has 0 bridgehead atoms. The van der Waals surface area contributed by atoms with Crippen LogP contribution < -0.4 is 11.0 Å². The van der Waals surface area contributed by atoms with Crippen LogP contribution in [-0.2, 0) is 19.5 Å². The Morgan fingerprint density at radius 2 is 2.24 bits per heavy atom. The lowest BCUT2D eigenvalue weighted by atomic mass is 10.1. The van der Waals surface area contributed by atoms with Gasteiger partial charge in [0.15, 0.2) is 6.39 Å². The van der Waals surface area contributed by atoms with Crippen LogP contribution in [0.3, 0.4) is 0 Å². The lowest BCUT2D eigenvalue weighted by Crippen LogP contribution is -2.36. The van der Waals surface area contributed by atoms with Crippen molar-refractivity contribution in [2.75, 3.05) is 0 Å². The third-order valence-corrected chi connectivity index (χ3v) is 4.62. The van der Waals surface area contributed by atoms with Crippen LogP contribution in [0.25, 0.3) is 0 Å². The number of rotatable bonds is 5. The summed E-state index contributed by atoms with van der Waals surface area (Å²) in [6.07, 6.45) is 4.32. The SMILES string of the molecule is Cc1ncoc1C(=O)NC1CCc2nn(CCC(C)C)c(=O)n2CC1. The number of nitrogens with one attached hydrogen (secondary N) is 1. The topological polar surface area (TPSA) is 95.0 Å². The molecule has 3 heterocycles. The van der Waals surface area contributed by atoms with Crippen molar-refractivity contribution in [2.24, 2.45) is 5.92 Å². The van der Waals surface area contributed by atoms with Crippen LogP contribution in [0.2, 0.25) is 0 Å². The standard InChI is InChI=1S/C17H25N5O3/c1-11(2)6-9-22-17(24)21-8-7-13(4-5-14(21)20-22)19-16(23)15-12(3)18-10-25-15/h10-11,13H,4-9H2,1-3H3,(H,19,23). The highest BCUT2D eigenvalue weighted by Gasteiger charge is 2.24. The van der Waals surface area contributed by atoms with Crippen molar-refractivity contribution in [3.8, 4) is 0 Å². The second-order valence-electron chi connectivity index (χ2n) is 7.02. The molecule has 8 nitrogen and oxygen atoms in total. The third kappa shape index (κ3) is 3.83. The van der Waals surface area contributed by atoms with Gasteiger partial charge in [0.05, 0.1) is 5.69 Å². The average molecular weight is 347 g/mol. The molecule has 8 heteroatoms. The summed E-state index contributed by atoms with van der Waals surface area (Å²) in [4.78, 5) is 28.7. The molecule has 136 valence electrons. The molecular weight excluding hydrogens is 322 g/mol. The summed E-state index contributed by atoms with van der Waals surface area (Å²) in [5.41, 5.74) is 0.529. The quantitative estimate of drug-likeness (QED) is 0.885. The molecule has 25 heavy (non-hydrogen) atoms. The van der Waals surface area contributed by atoms with Gasteiger partial charge in [0.2, 0.25) is 5.76 Å². The minimum atomic E-state index is -0.256. The van der Waals surface area contributed by atoms with Gasteiger partial charge in [0.25, 0.3) is 5.91 Å². The van der Waals surface area contributed by atoms with Crippen LogP contribution in [0.5, 0.6) is 0 Å². The highest BCUT2D eigenvalue weighted by atomic mass is 16.3. The third-order valence-electron chi connectivity index (χ3n) is 4.62. The number of carbonyl (C=O) groups is 1. The maximum atomic E-state index is 12.5. The molecule has 0 aliphatic carbocycles. The lowest BCUT2D eigenvalue weighted by molar-refractivity contribution is 0.0904. The zero-order chi connectivity index (χ0) is 18.0. The van der Waals surface area contributed by atoms with Gasteiger partial charge in [-0.2, -0.15) is 5.10 Å². The van der Waals surface area contributed by atoms with E-state index in [2.05, 4.69) is 29.2 Å². The summed E-state index contributed by atoms with van der Waals surface area (Å²) in [6, 6.07) is -0.0118. The van der Waals surface area contributed by atoms with Gasteiger partial charge in [0.1, 0.15) is 5.82 Å². The molecule has 0 radical (unpaired) electrons. The number of aryl methyl sites for hydroxylation is 3. The predicted molar refractivity (Wildman–Crippen MR) is 91.4 cm³/mol. The summed E-state index contributed by atoms with van der Waals surface area (Å²) in [6.45, 7) is 7.23. The van der Waals surface area contributed by atoms with Crippen molar-refractivity contribution < 1.29 is 9.21 Å². The number of hydrogen-bond donors (Lipinski definition) is 1. The molecule has 1 aliphatic heterocycles. The molecular formula is C17H25N5O3.